The molecule has 4 atom stereocenters. The van der Waals surface area contributed by atoms with Gasteiger partial charge in [0.15, 0.2) is 11.5 Å². The van der Waals surface area contributed by atoms with Gasteiger partial charge in [-0.25, -0.2) is 15.0 Å². The number of aromatic nitrogens is 4. The van der Waals surface area contributed by atoms with E-state index in [2.05, 4.69) is 15.0 Å². The number of ether oxygens (including phenoxy) is 1. The molecule has 3 rings (SSSR count). The summed E-state index contributed by atoms with van der Waals surface area (Å²) in [4.78, 5) is 12.2. The summed E-state index contributed by atoms with van der Waals surface area (Å²) in [6, 6.07) is -0.476. The molecule has 20 heavy (non-hydrogen) atoms. The molecule has 0 spiro atoms. The van der Waals surface area contributed by atoms with Crippen molar-refractivity contribution in [2.24, 2.45) is 5.73 Å². The van der Waals surface area contributed by atoms with Crippen molar-refractivity contribution in [3.05, 3.63) is 12.7 Å². The lowest BCUT2D eigenvalue weighted by Gasteiger charge is -2.21. The Morgan fingerprint density at radius 2 is 2.10 bits per heavy atom. The zero-order valence-electron chi connectivity index (χ0n) is 10.6. The third-order valence-corrected chi connectivity index (χ3v) is 3.58. The molecule has 0 aliphatic carbocycles. The summed E-state index contributed by atoms with van der Waals surface area (Å²) in [5.41, 5.74) is 12.4. The number of rotatable bonds is 3. The van der Waals surface area contributed by atoms with Gasteiger partial charge in [-0.3, -0.25) is 0 Å². The van der Waals surface area contributed by atoms with E-state index >= 15 is 0 Å². The summed E-state index contributed by atoms with van der Waals surface area (Å²) in [6.45, 7) is -0.0730. The van der Waals surface area contributed by atoms with Gasteiger partial charge in [0.1, 0.15) is 24.1 Å². The zero-order chi connectivity index (χ0) is 14.3. The second-order valence-electron chi connectivity index (χ2n) is 4.70. The Morgan fingerprint density at radius 1 is 1.30 bits per heavy atom. The maximum Gasteiger partial charge on any atom is 0.165 e. The van der Waals surface area contributed by atoms with Crippen LogP contribution in [-0.2, 0) is 4.74 Å². The number of fused-ring (bicyclic) bond motifs is 1. The summed E-state index contributed by atoms with van der Waals surface area (Å²) in [5, 5.41) is 19.5. The summed E-state index contributed by atoms with van der Waals surface area (Å²) >= 11 is 0. The van der Waals surface area contributed by atoms with Crippen molar-refractivity contribution in [1.82, 2.24) is 19.5 Å². The fourth-order valence-corrected chi connectivity index (χ4v) is 2.60. The van der Waals surface area contributed by atoms with E-state index in [-0.39, 0.29) is 19.0 Å². The van der Waals surface area contributed by atoms with Crippen LogP contribution in [0.3, 0.4) is 0 Å². The third-order valence-electron chi connectivity index (χ3n) is 3.58. The molecule has 0 amide bonds. The number of hydrogen-bond donors (Lipinski definition) is 4. The highest BCUT2D eigenvalue weighted by molar-refractivity contribution is 5.81. The van der Waals surface area contributed by atoms with Gasteiger partial charge in [-0.1, -0.05) is 0 Å². The average Bonchev–Trinajstić information content (AvgIpc) is 3.00. The fourth-order valence-electron chi connectivity index (χ4n) is 2.60. The maximum atomic E-state index is 10.3. The van der Waals surface area contributed by atoms with Crippen LogP contribution in [-0.4, -0.2) is 61.2 Å². The van der Waals surface area contributed by atoms with Crippen LogP contribution in [0.5, 0.6) is 0 Å². The highest BCUT2D eigenvalue weighted by Gasteiger charge is 2.44. The Bertz CT molecular complexity index is 615. The largest absolute Gasteiger partial charge is 0.394 e. The molecule has 108 valence electrons. The highest BCUT2D eigenvalue weighted by atomic mass is 16.5. The standard InChI is InChI=1S/C11H16N6O3/c12-1-5-8(9(19)6(2-18)20-5)17-4-16-7-10(13)14-3-15-11(7)17/h3-6,8-9,18-19H,1-2,12H2,(H2,13,14,15)/t5-,6-,8-,9-/m0/s1. The molecule has 1 aliphatic rings. The molecule has 9 heteroatoms. The third kappa shape index (κ3) is 1.83. The van der Waals surface area contributed by atoms with Crippen molar-refractivity contribution in [1.29, 1.82) is 0 Å². The summed E-state index contributed by atoms with van der Waals surface area (Å²) < 4.78 is 7.21. The molecule has 0 aromatic carbocycles. The molecular formula is C11H16N6O3. The number of nitrogen functional groups attached to an aromatic ring is 1. The predicted octanol–water partition coefficient (Wildman–Crippen LogP) is -1.97. The minimum Gasteiger partial charge on any atom is -0.394 e. The van der Waals surface area contributed by atoms with E-state index in [1.807, 2.05) is 0 Å². The SMILES string of the molecule is NC[C@@H]1O[C@@H](CO)[C@H](O)[C@H]1n1cnc2c(N)ncnc21. The van der Waals surface area contributed by atoms with Crippen LogP contribution in [0.4, 0.5) is 5.82 Å². The number of aliphatic hydroxyl groups excluding tert-OH is 2. The van der Waals surface area contributed by atoms with Crippen molar-refractivity contribution in [3.8, 4) is 0 Å². The minimum atomic E-state index is -0.901. The van der Waals surface area contributed by atoms with Crippen molar-refractivity contribution >= 4 is 17.0 Å². The molecule has 6 N–H and O–H groups in total. The first kappa shape index (κ1) is 13.2. The summed E-state index contributed by atoms with van der Waals surface area (Å²) in [5.74, 6) is 0.269. The number of anilines is 1. The lowest BCUT2D eigenvalue weighted by molar-refractivity contribution is -0.0193. The van der Waals surface area contributed by atoms with Gasteiger partial charge in [0, 0.05) is 6.54 Å². The molecule has 0 radical (unpaired) electrons. The predicted molar refractivity (Wildman–Crippen MR) is 69.6 cm³/mol. The van der Waals surface area contributed by atoms with Crippen molar-refractivity contribution in [3.63, 3.8) is 0 Å². The molecule has 0 saturated carbocycles. The van der Waals surface area contributed by atoms with E-state index < -0.39 is 24.4 Å². The first-order chi connectivity index (χ1) is 9.67. The lowest BCUT2D eigenvalue weighted by Crippen LogP contribution is -2.33. The van der Waals surface area contributed by atoms with Gasteiger partial charge in [-0.2, -0.15) is 0 Å². The van der Waals surface area contributed by atoms with E-state index in [1.165, 1.54) is 12.7 Å². The van der Waals surface area contributed by atoms with E-state index in [9.17, 15) is 10.2 Å². The first-order valence-electron chi connectivity index (χ1n) is 6.24. The molecule has 2 aromatic rings. The minimum absolute atomic E-state index is 0.207. The van der Waals surface area contributed by atoms with Gasteiger partial charge in [0.05, 0.1) is 25.1 Å². The molecule has 1 aliphatic heterocycles. The number of nitrogens with two attached hydrogens (primary N) is 2. The number of imidazole rings is 1. The van der Waals surface area contributed by atoms with Crippen LogP contribution in [0, 0.1) is 0 Å². The molecule has 1 fully saturated rings. The molecule has 1 saturated heterocycles. The van der Waals surface area contributed by atoms with Gasteiger partial charge in [-0.05, 0) is 0 Å². The van der Waals surface area contributed by atoms with Crippen molar-refractivity contribution in [2.45, 2.75) is 24.4 Å². The van der Waals surface area contributed by atoms with Crippen LogP contribution in [0.2, 0.25) is 0 Å². The van der Waals surface area contributed by atoms with E-state index in [0.717, 1.165) is 0 Å². The second-order valence-corrected chi connectivity index (χ2v) is 4.70. The smallest absolute Gasteiger partial charge is 0.165 e. The van der Waals surface area contributed by atoms with E-state index in [0.29, 0.717) is 11.2 Å². The van der Waals surface area contributed by atoms with Gasteiger partial charge in [0.25, 0.3) is 0 Å². The normalized spacial score (nSPS) is 30.1. The van der Waals surface area contributed by atoms with E-state index in [4.69, 9.17) is 16.2 Å². The van der Waals surface area contributed by atoms with Gasteiger partial charge >= 0.3 is 0 Å². The van der Waals surface area contributed by atoms with Crippen LogP contribution < -0.4 is 11.5 Å². The second kappa shape index (κ2) is 4.94. The van der Waals surface area contributed by atoms with Gasteiger partial charge < -0.3 is 31.0 Å². The Labute approximate surface area is 114 Å². The van der Waals surface area contributed by atoms with E-state index in [1.54, 1.807) is 4.57 Å². The molecule has 9 nitrogen and oxygen atoms in total. The van der Waals surface area contributed by atoms with Crippen LogP contribution >= 0.6 is 0 Å². The molecule has 0 unspecified atom stereocenters. The maximum absolute atomic E-state index is 10.3. The van der Waals surface area contributed by atoms with Crippen molar-refractivity contribution < 1.29 is 14.9 Å². The Morgan fingerprint density at radius 3 is 2.80 bits per heavy atom. The molecule has 2 aromatic heterocycles. The van der Waals surface area contributed by atoms with Crippen LogP contribution in [0.25, 0.3) is 11.2 Å². The number of aliphatic hydroxyl groups is 2. The quantitative estimate of drug-likeness (QED) is 0.506. The van der Waals surface area contributed by atoms with Crippen molar-refractivity contribution in [2.75, 3.05) is 18.9 Å². The Balaban J connectivity index is 2.07. The highest BCUT2D eigenvalue weighted by Crippen LogP contribution is 2.33. The monoisotopic (exact) mass is 280 g/mol. The van der Waals surface area contributed by atoms with Crippen LogP contribution in [0.15, 0.2) is 12.7 Å². The fraction of sp³-hybridized carbons (Fsp3) is 0.545. The summed E-state index contributed by atoms with van der Waals surface area (Å²) in [6.07, 6.45) is 0.844. The summed E-state index contributed by atoms with van der Waals surface area (Å²) in [7, 11) is 0. The zero-order valence-corrected chi connectivity index (χ0v) is 10.6. The Hall–Kier alpha value is -1.81. The van der Waals surface area contributed by atoms with Gasteiger partial charge in [-0.15, -0.1) is 0 Å². The average molecular weight is 280 g/mol. The van der Waals surface area contributed by atoms with Crippen LogP contribution in [0.1, 0.15) is 6.04 Å². The van der Waals surface area contributed by atoms with Gasteiger partial charge in [0.2, 0.25) is 0 Å². The number of nitrogens with zero attached hydrogens (tertiary/aromatic N) is 4. The first-order valence-corrected chi connectivity index (χ1v) is 6.24. The molecule has 0 bridgehead atoms. The lowest BCUT2D eigenvalue weighted by atomic mass is 10.0. The Kier molecular flexibility index (Phi) is 3.26. The number of hydrogen-bond acceptors (Lipinski definition) is 8. The topological polar surface area (TPSA) is 145 Å². The molecular weight excluding hydrogens is 264 g/mol. The molecule has 3 heterocycles.